The van der Waals surface area contributed by atoms with E-state index in [1.54, 1.807) is 6.92 Å². The van der Waals surface area contributed by atoms with Crippen LogP contribution in [0.5, 0.6) is 0 Å². The third-order valence-electron chi connectivity index (χ3n) is 2.83. The minimum atomic E-state index is -0.435. The van der Waals surface area contributed by atoms with E-state index in [2.05, 4.69) is 9.97 Å². The van der Waals surface area contributed by atoms with Crippen molar-refractivity contribution in [3.63, 3.8) is 0 Å². The Kier molecular flexibility index (Phi) is 3.91. The fraction of sp³-hybridized carbons (Fsp3) is 0.600. The van der Waals surface area contributed by atoms with Gasteiger partial charge in [0.05, 0.1) is 4.92 Å². The minimum Gasteiger partial charge on any atom is -0.346 e. The van der Waals surface area contributed by atoms with Crippen molar-refractivity contribution in [3.05, 3.63) is 21.1 Å². The molecule has 1 aromatic heterocycles. The molecule has 8 heteroatoms. The van der Waals surface area contributed by atoms with E-state index in [1.165, 1.54) is 0 Å². The summed E-state index contributed by atoms with van der Waals surface area (Å²) in [7, 11) is 0. The average molecular weight is 289 g/mol. The second-order valence-corrected chi connectivity index (χ2v) is 5.61. The summed E-state index contributed by atoms with van der Waals surface area (Å²) in [5, 5.41) is 11.2. The van der Waals surface area contributed by atoms with E-state index in [0.29, 0.717) is 11.5 Å². The van der Waals surface area contributed by atoms with Crippen molar-refractivity contribution in [2.24, 2.45) is 0 Å². The number of nitrogens with zero attached hydrogens (tertiary/aromatic N) is 4. The second kappa shape index (κ2) is 5.27. The van der Waals surface area contributed by atoms with Crippen LogP contribution in [0.4, 0.5) is 11.5 Å². The Balaban J connectivity index is 2.50. The second-order valence-electron chi connectivity index (χ2n) is 4.12. The van der Waals surface area contributed by atoms with Crippen LogP contribution in [0.15, 0.2) is 0 Å². The van der Waals surface area contributed by atoms with Crippen LogP contribution in [-0.2, 0) is 0 Å². The molecule has 18 heavy (non-hydrogen) atoms. The zero-order valence-corrected chi connectivity index (χ0v) is 11.7. The standard InChI is InChI=1S/C10H13ClN4O2S/c1-6-5-18-4-3-14(6)9-8(15(16)17)7(2)12-10(11)13-9/h6H,3-5H2,1-2H3. The molecule has 2 rings (SSSR count). The first-order chi connectivity index (χ1) is 8.50. The van der Waals surface area contributed by atoms with Gasteiger partial charge in [-0.1, -0.05) is 0 Å². The first-order valence-corrected chi connectivity index (χ1v) is 7.07. The van der Waals surface area contributed by atoms with Gasteiger partial charge in [0.25, 0.3) is 0 Å². The molecule has 0 bridgehead atoms. The molecule has 0 radical (unpaired) electrons. The molecule has 0 saturated carbocycles. The van der Waals surface area contributed by atoms with Crippen molar-refractivity contribution >= 4 is 34.9 Å². The number of nitro groups is 1. The molecule has 0 N–H and O–H groups in total. The summed E-state index contributed by atoms with van der Waals surface area (Å²) in [6.07, 6.45) is 0. The molecule has 2 heterocycles. The summed E-state index contributed by atoms with van der Waals surface area (Å²) in [5.41, 5.74) is 0.263. The summed E-state index contributed by atoms with van der Waals surface area (Å²) in [6, 6.07) is 0.202. The molecule has 0 amide bonds. The lowest BCUT2D eigenvalue weighted by atomic mass is 10.2. The zero-order chi connectivity index (χ0) is 13.3. The molecule has 98 valence electrons. The number of aryl methyl sites for hydroxylation is 1. The predicted octanol–water partition coefficient (Wildman–Crippen LogP) is 2.29. The molecule has 1 saturated heterocycles. The normalized spacial score (nSPS) is 19.9. The molecular formula is C10H13ClN4O2S. The summed E-state index contributed by atoms with van der Waals surface area (Å²) in [5.74, 6) is 2.20. The van der Waals surface area contributed by atoms with Gasteiger partial charge >= 0.3 is 5.69 Å². The summed E-state index contributed by atoms with van der Waals surface area (Å²) in [6.45, 7) is 4.35. The number of thioether (sulfide) groups is 1. The van der Waals surface area contributed by atoms with Gasteiger partial charge in [0, 0.05) is 24.1 Å². The third-order valence-corrected chi connectivity index (χ3v) is 4.19. The van der Waals surface area contributed by atoms with Gasteiger partial charge in [-0.3, -0.25) is 10.1 Å². The first kappa shape index (κ1) is 13.4. The van der Waals surface area contributed by atoms with Gasteiger partial charge in [-0.05, 0) is 25.4 Å². The van der Waals surface area contributed by atoms with Crippen LogP contribution >= 0.6 is 23.4 Å². The average Bonchev–Trinajstić information content (AvgIpc) is 2.27. The van der Waals surface area contributed by atoms with E-state index in [4.69, 9.17) is 11.6 Å². The van der Waals surface area contributed by atoms with E-state index in [9.17, 15) is 10.1 Å². The van der Waals surface area contributed by atoms with Crippen LogP contribution < -0.4 is 4.90 Å². The Morgan fingerprint density at radius 1 is 1.56 bits per heavy atom. The Morgan fingerprint density at radius 2 is 2.28 bits per heavy atom. The van der Waals surface area contributed by atoms with Crippen molar-refractivity contribution < 1.29 is 4.92 Å². The van der Waals surface area contributed by atoms with E-state index in [1.807, 2.05) is 23.6 Å². The van der Waals surface area contributed by atoms with Gasteiger partial charge in [0.1, 0.15) is 5.69 Å². The molecule has 1 unspecified atom stereocenters. The number of aromatic nitrogens is 2. The summed E-state index contributed by atoms with van der Waals surface area (Å²) in [4.78, 5) is 20.6. The van der Waals surface area contributed by atoms with Gasteiger partial charge in [-0.2, -0.15) is 16.7 Å². The molecular weight excluding hydrogens is 276 g/mol. The summed E-state index contributed by atoms with van der Waals surface area (Å²) >= 11 is 7.65. The highest BCUT2D eigenvalue weighted by molar-refractivity contribution is 7.99. The van der Waals surface area contributed by atoms with Crippen molar-refractivity contribution in [2.75, 3.05) is 23.0 Å². The fourth-order valence-corrected chi connectivity index (χ4v) is 3.19. The van der Waals surface area contributed by atoms with Crippen molar-refractivity contribution in [2.45, 2.75) is 19.9 Å². The maximum absolute atomic E-state index is 11.2. The lowest BCUT2D eigenvalue weighted by Crippen LogP contribution is -2.41. The first-order valence-electron chi connectivity index (χ1n) is 5.53. The van der Waals surface area contributed by atoms with Gasteiger partial charge in [0.15, 0.2) is 0 Å². The molecule has 0 aliphatic carbocycles. The maximum Gasteiger partial charge on any atom is 0.332 e. The largest absolute Gasteiger partial charge is 0.346 e. The molecule has 1 atom stereocenters. The molecule has 0 spiro atoms. The van der Waals surface area contributed by atoms with Crippen LogP contribution in [0, 0.1) is 17.0 Å². The number of rotatable bonds is 2. The van der Waals surface area contributed by atoms with Crippen molar-refractivity contribution in [3.8, 4) is 0 Å². The number of anilines is 1. The number of hydrogen-bond acceptors (Lipinski definition) is 6. The number of hydrogen-bond donors (Lipinski definition) is 0. The third kappa shape index (κ3) is 2.51. The maximum atomic E-state index is 11.2. The smallest absolute Gasteiger partial charge is 0.332 e. The molecule has 1 aliphatic heterocycles. The topological polar surface area (TPSA) is 72.2 Å². The lowest BCUT2D eigenvalue weighted by molar-refractivity contribution is -0.385. The van der Waals surface area contributed by atoms with Gasteiger partial charge in [0.2, 0.25) is 11.1 Å². The Hall–Kier alpha value is -1.08. The van der Waals surface area contributed by atoms with Crippen molar-refractivity contribution in [1.82, 2.24) is 9.97 Å². The molecule has 1 aromatic rings. The van der Waals surface area contributed by atoms with Crippen LogP contribution in [0.1, 0.15) is 12.6 Å². The fourth-order valence-electron chi connectivity index (χ4n) is 1.97. The van der Waals surface area contributed by atoms with Gasteiger partial charge in [-0.25, -0.2) is 4.98 Å². The molecule has 0 aromatic carbocycles. The molecule has 1 fully saturated rings. The highest BCUT2D eigenvalue weighted by Gasteiger charge is 2.30. The van der Waals surface area contributed by atoms with Gasteiger partial charge < -0.3 is 4.90 Å². The van der Waals surface area contributed by atoms with E-state index < -0.39 is 4.92 Å². The predicted molar refractivity (Wildman–Crippen MR) is 72.6 cm³/mol. The SMILES string of the molecule is Cc1nc(Cl)nc(N2CCSCC2C)c1[N+](=O)[O-]. The molecule has 1 aliphatic rings. The van der Waals surface area contributed by atoms with Crippen LogP contribution in [0.25, 0.3) is 0 Å². The van der Waals surface area contributed by atoms with Crippen LogP contribution in [0.3, 0.4) is 0 Å². The highest BCUT2D eigenvalue weighted by Crippen LogP contribution is 2.33. The van der Waals surface area contributed by atoms with Gasteiger partial charge in [-0.15, -0.1) is 0 Å². The van der Waals surface area contributed by atoms with Crippen LogP contribution in [0.2, 0.25) is 5.28 Å². The van der Waals surface area contributed by atoms with E-state index in [0.717, 1.165) is 18.1 Å². The summed E-state index contributed by atoms with van der Waals surface area (Å²) < 4.78 is 0. The van der Waals surface area contributed by atoms with E-state index in [-0.39, 0.29) is 17.0 Å². The quantitative estimate of drug-likeness (QED) is 0.472. The van der Waals surface area contributed by atoms with E-state index >= 15 is 0 Å². The Labute approximate surface area is 114 Å². The number of halogens is 1. The minimum absolute atomic E-state index is 0.0434. The lowest BCUT2D eigenvalue weighted by Gasteiger charge is -2.33. The highest BCUT2D eigenvalue weighted by atomic mass is 35.5. The van der Waals surface area contributed by atoms with Crippen LogP contribution in [-0.4, -0.2) is 39.0 Å². The monoisotopic (exact) mass is 288 g/mol. The molecule has 6 nitrogen and oxygen atoms in total. The van der Waals surface area contributed by atoms with Crippen molar-refractivity contribution in [1.29, 1.82) is 0 Å². The Morgan fingerprint density at radius 3 is 2.89 bits per heavy atom. The Bertz CT molecular complexity index is 485. The zero-order valence-electron chi connectivity index (χ0n) is 10.1.